The molecule has 3 atom stereocenters. The van der Waals surface area contributed by atoms with Crippen molar-refractivity contribution >= 4 is 42.0 Å². The standard InChI is InChI=1S/C22H30N4O4S2/c1-14(20(27)25-19(22(28)29)10-11-32-2)30-21-18(24-12-16(23)13-31)9-8-17(26-21)15-6-4-3-5-7-15/h3-9,14,16,19,24,31H,10-13,23H2,1-2H3,(H,25,27)(H,28,29). The van der Waals surface area contributed by atoms with Crippen molar-refractivity contribution in [2.24, 2.45) is 5.73 Å². The van der Waals surface area contributed by atoms with Gasteiger partial charge in [-0.15, -0.1) is 0 Å². The van der Waals surface area contributed by atoms with Crippen LogP contribution in [0.1, 0.15) is 13.3 Å². The van der Waals surface area contributed by atoms with Crippen LogP contribution in [0.4, 0.5) is 5.69 Å². The number of nitrogens with one attached hydrogen (secondary N) is 2. The molecule has 1 aromatic heterocycles. The smallest absolute Gasteiger partial charge is 0.326 e. The van der Waals surface area contributed by atoms with Gasteiger partial charge >= 0.3 is 5.97 Å². The molecular formula is C22H30N4O4S2. The zero-order valence-electron chi connectivity index (χ0n) is 18.2. The van der Waals surface area contributed by atoms with E-state index in [9.17, 15) is 14.7 Å². The predicted molar refractivity (Wildman–Crippen MR) is 133 cm³/mol. The number of thioether (sulfide) groups is 1. The molecule has 2 aromatic rings. The van der Waals surface area contributed by atoms with Crippen LogP contribution in [0.2, 0.25) is 0 Å². The van der Waals surface area contributed by atoms with E-state index in [2.05, 4.69) is 28.2 Å². The van der Waals surface area contributed by atoms with E-state index in [0.29, 0.717) is 35.9 Å². The van der Waals surface area contributed by atoms with Gasteiger partial charge in [0.2, 0.25) is 5.88 Å². The summed E-state index contributed by atoms with van der Waals surface area (Å²) in [5.74, 6) is -0.247. The third kappa shape index (κ3) is 7.92. The Morgan fingerprint density at radius 1 is 1.25 bits per heavy atom. The number of hydrogen-bond donors (Lipinski definition) is 5. The lowest BCUT2D eigenvalue weighted by Crippen LogP contribution is -2.46. The van der Waals surface area contributed by atoms with Crippen molar-refractivity contribution in [1.29, 1.82) is 0 Å². The van der Waals surface area contributed by atoms with Crippen LogP contribution in [0.25, 0.3) is 11.3 Å². The topological polar surface area (TPSA) is 127 Å². The first kappa shape index (κ1) is 25.8. The number of carboxylic acid groups (broad SMARTS) is 1. The van der Waals surface area contributed by atoms with E-state index in [1.165, 1.54) is 11.8 Å². The van der Waals surface area contributed by atoms with E-state index >= 15 is 0 Å². The SMILES string of the molecule is CSCCC(NC(=O)C(C)Oc1nc(-c2ccccc2)ccc1NCC(N)CS)C(=O)O. The summed E-state index contributed by atoms with van der Waals surface area (Å²) >= 11 is 5.71. The first-order chi connectivity index (χ1) is 15.3. The molecule has 0 saturated heterocycles. The lowest BCUT2D eigenvalue weighted by atomic mass is 10.1. The van der Waals surface area contributed by atoms with Crippen molar-refractivity contribution < 1.29 is 19.4 Å². The second kappa shape index (κ2) is 13.2. The fraction of sp³-hybridized carbons (Fsp3) is 0.409. The number of anilines is 1. The van der Waals surface area contributed by atoms with Gasteiger partial charge in [-0.3, -0.25) is 4.79 Å². The minimum Gasteiger partial charge on any atom is -0.480 e. The molecule has 1 amide bonds. The number of aromatic nitrogens is 1. The lowest BCUT2D eigenvalue weighted by Gasteiger charge is -2.21. The first-order valence-electron chi connectivity index (χ1n) is 10.2. The van der Waals surface area contributed by atoms with Crippen molar-refractivity contribution in [3.05, 3.63) is 42.5 Å². The minimum atomic E-state index is -1.08. The Morgan fingerprint density at radius 2 is 1.97 bits per heavy atom. The number of thiol groups is 1. The summed E-state index contributed by atoms with van der Waals surface area (Å²) in [6.45, 7) is 2.01. The molecule has 2 rings (SSSR count). The molecule has 3 unspecified atom stereocenters. The molecule has 8 nitrogen and oxygen atoms in total. The number of hydrogen-bond acceptors (Lipinski definition) is 8. The summed E-state index contributed by atoms with van der Waals surface area (Å²) in [6, 6.07) is 12.1. The number of carboxylic acids is 1. The van der Waals surface area contributed by atoms with Crippen LogP contribution in [-0.2, 0) is 9.59 Å². The van der Waals surface area contributed by atoms with Crippen molar-refractivity contribution in [1.82, 2.24) is 10.3 Å². The molecule has 1 aromatic carbocycles. The molecule has 0 aliphatic rings. The number of carbonyl (C=O) groups is 2. The third-order valence-electron chi connectivity index (χ3n) is 4.60. The van der Waals surface area contributed by atoms with Crippen LogP contribution in [-0.4, -0.2) is 64.5 Å². The molecule has 0 fully saturated rings. The van der Waals surface area contributed by atoms with Gasteiger partial charge < -0.3 is 26.2 Å². The van der Waals surface area contributed by atoms with E-state index in [1.54, 1.807) is 6.92 Å². The molecule has 0 bridgehead atoms. The quantitative estimate of drug-likeness (QED) is 0.278. The number of carbonyl (C=O) groups excluding carboxylic acids is 1. The fourth-order valence-corrected chi connectivity index (χ4v) is 3.34. The lowest BCUT2D eigenvalue weighted by molar-refractivity contribution is -0.143. The van der Waals surface area contributed by atoms with Gasteiger partial charge in [-0.05, 0) is 37.5 Å². The Hall–Kier alpha value is -2.43. The van der Waals surface area contributed by atoms with Crippen molar-refractivity contribution in [2.45, 2.75) is 31.5 Å². The Balaban J connectivity index is 2.21. The van der Waals surface area contributed by atoms with Crippen LogP contribution >= 0.6 is 24.4 Å². The highest BCUT2D eigenvalue weighted by Crippen LogP contribution is 2.28. The number of ether oxygens (including phenoxy) is 1. The van der Waals surface area contributed by atoms with Gasteiger partial charge in [-0.1, -0.05) is 30.3 Å². The molecule has 1 heterocycles. The Bertz CT molecular complexity index is 885. The number of nitrogens with zero attached hydrogens (tertiary/aromatic N) is 1. The zero-order chi connectivity index (χ0) is 23.5. The average Bonchev–Trinajstić information content (AvgIpc) is 2.80. The molecule has 0 radical (unpaired) electrons. The molecule has 0 spiro atoms. The van der Waals surface area contributed by atoms with Gasteiger partial charge in [-0.2, -0.15) is 24.4 Å². The normalized spacial score (nSPS) is 13.6. The van der Waals surface area contributed by atoms with Gasteiger partial charge in [0.15, 0.2) is 6.10 Å². The highest BCUT2D eigenvalue weighted by atomic mass is 32.2. The zero-order valence-corrected chi connectivity index (χ0v) is 19.9. The van der Waals surface area contributed by atoms with Gasteiger partial charge in [0.05, 0.1) is 11.4 Å². The van der Waals surface area contributed by atoms with E-state index < -0.39 is 24.0 Å². The monoisotopic (exact) mass is 478 g/mol. The molecule has 10 heteroatoms. The summed E-state index contributed by atoms with van der Waals surface area (Å²) < 4.78 is 5.88. The average molecular weight is 479 g/mol. The summed E-state index contributed by atoms with van der Waals surface area (Å²) in [5.41, 5.74) is 8.11. The van der Waals surface area contributed by atoms with Crippen LogP contribution in [0.3, 0.4) is 0 Å². The van der Waals surface area contributed by atoms with Gasteiger partial charge in [-0.25, -0.2) is 9.78 Å². The summed E-state index contributed by atoms with van der Waals surface area (Å²) in [4.78, 5) is 28.7. The molecular weight excluding hydrogens is 448 g/mol. The molecule has 0 saturated carbocycles. The van der Waals surface area contributed by atoms with Crippen molar-refractivity contribution in [3.8, 4) is 17.1 Å². The second-order valence-corrected chi connectivity index (χ2v) is 8.53. The highest BCUT2D eigenvalue weighted by Gasteiger charge is 2.24. The Kier molecular flexibility index (Phi) is 10.6. The molecule has 174 valence electrons. The number of pyridine rings is 1. The molecule has 0 aliphatic heterocycles. The molecule has 0 aliphatic carbocycles. The molecule has 5 N–H and O–H groups in total. The summed E-state index contributed by atoms with van der Waals surface area (Å²) in [7, 11) is 0. The maximum absolute atomic E-state index is 12.6. The van der Waals surface area contributed by atoms with Crippen molar-refractivity contribution in [3.63, 3.8) is 0 Å². The highest BCUT2D eigenvalue weighted by molar-refractivity contribution is 7.98. The number of aliphatic carboxylic acids is 1. The van der Waals surface area contributed by atoms with Crippen LogP contribution < -0.4 is 21.1 Å². The van der Waals surface area contributed by atoms with E-state index in [1.807, 2.05) is 48.7 Å². The number of nitrogens with two attached hydrogens (primary N) is 1. The van der Waals surface area contributed by atoms with Gasteiger partial charge in [0, 0.05) is 23.9 Å². The van der Waals surface area contributed by atoms with Crippen LogP contribution in [0, 0.1) is 0 Å². The Labute approximate surface area is 198 Å². The third-order valence-corrected chi connectivity index (χ3v) is 5.71. The summed E-state index contributed by atoms with van der Waals surface area (Å²) in [6.07, 6.45) is 1.25. The van der Waals surface area contributed by atoms with E-state index in [0.717, 1.165) is 5.56 Å². The first-order valence-corrected chi connectivity index (χ1v) is 12.2. The fourth-order valence-electron chi connectivity index (χ4n) is 2.74. The summed E-state index contributed by atoms with van der Waals surface area (Å²) in [5, 5.41) is 15.1. The van der Waals surface area contributed by atoms with Crippen LogP contribution in [0.15, 0.2) is 42.5 Å². The maximum atomic E-state index is 12.6. The maximum Gasteiger partial charge on any atom is 0.326 e. The second-order valence-electron chi connectivity index (χ2n) is 7.18. The van der Waals surface area contributed by atoms with E-state index in [4.69, 9.17) is 10.5 Å². The van der Waals surface area contributed by atoms with Gasteiger partial charge in [0.25, 0.3) is 5.91 Å². The Morgan fingerprint density at radius 3 is 2.59 bits per heavy atom. The number of amides is 1. The van der Waals surface area contributed by atoms with E-state index in [-0.39, 0.29) is 11.9 Å². The largest absolute Gasteiger partial charge is 0.480 e. The number of benzene rings is 1. The molecule has 32 heavy (non-hydrogen) atoms. The number of rotatable bonds is 13. The van der Waals surface area contributed by atoms with Crippen molar-refractivity contribution in [2.75, 3.05) is 29.6 Å². The predicted octanol–water partition coefficient (Wildman–Crippen LogP) is 2.51. The van der Waals surface area contributed by atoms with Gasteiger partial charge in [0.1, 0.15) is 6.04 Å². The van der Waals surface area contributed by atoms with Crippen LogP contribution in [0.5, 0.6) is 5.88 Å². The minimum absolute atomic E-state index is 0.173.